The number of nitrogens with one attached hydrogen (secondary N) is 1. The molecule has 3 aromatic rings. The highest BCUT2D eigenvalue weighted by molar-refractivity contribution is 14.0. The van der Waals surface area contributed by atoms with Crippen molar-refractivity contribution in [2.45, 2.75) is 12.8 Å². The van der Waals surface area contributed by atoms with E-state index in [0.29, 0.717) is 17.8 Å². The highest BCUT2D eigenvalue weighted by Gasteiger charge is 2.20. The molecular formula is C24H30IN9. The van der Waals surface area contributed by atoms with Crippen LogP contribution in [0.5, 0.6) is 0 Å². The standard InChI is InChI=1S/C24H29N9.HI/c1-27-24(32-16-14-31(15-17-32)22-11-5-6-12-28-22)29-13-7-10-21-20(18-25)23(26)33(30-21)19-8-3-2-4-9-19;/h2-6,8-9,11-12H,7,10,13-17,26H2,1H3,(H,27,29);1H. The second-order valence-electron chi connectivity index (χ2n) is 7.81. The lowest BCUT2D eigenvalue weighted by Crippen LogP contribution is -2.52. The van der Waals surface area contributed by atoms with E-state index < -0.39 is 0 Å². The van der Waals surface area contributed by atoms with E-state index in [1.54, 1.807) is 4.68 Å². The second kappa shape index (κ2) is 12.2. The quantitative estimate of drug-likeness (QED) is 0.203. The highest BCUT2D eigenvalue weighted by atomic mass is 127. The number of nitriles is 1. The van der Waals surface area contributed by atoms with Gasteiger partial charge in [0.05, 0.1) is 11.4 Å². The molecule has 1 aliphatic rings. The van der Waals surface area contributed by atoms with Gasteiger partial charge in [-0.25, -0.2) is 9.67 Å². The summed E-state index contributed by atoms with van der Waals surface area (Å²) in [5.41, 5.74) is 8.22. The third-order valence-corrected chi connectivity index (χ3v) is 5.74. The third-order valence-electron chi connectivity index (χ3n) is 5.74. The highest BCUT2D eigenvalue weighted by Crippen LogP contribution is 2.21. The van der Waals surface area contributed by atoms with E-state index in [2.05, 4.69) is 36.3 Å². The average molecular weight is 571 g/mol. The van der Waals surface area contributed by atoms with Crippen LogP contribution in [0.3, 0.4) is 0 Å². The largest absolute Gasteiger partial charge is 0.382 e. The van der Waals surface area contributed by atoms with Gasteiger partial charge in [-0.15, -0.1) is 24.0 Å². The molecular weight excluding hydrogens is 541 g/mol. The number of nitrogen functional groups attached to an aromatic ring is 1. The monoisotopic (exact) mass is 571 g/mol. The molecule has 3 N–H and O–H groups in total. The molecule has 4 rings (SSSR count). The molecule has 0 radical (unpaired) electrons. The van der Waals surface area contributed by atoms with Crippen molar-refractivity contribution in [2.24, 2.45) is 4.99 Å². The van der Waals surface area contributed by atoms with Gasteiger partial charge in [0.25, 0.3) is 0 Å². The Balaban J connectivity index is 0.00000324. The van der Waals surface area contributed by atoms with Gasteiger partial charge >= 0.3 is 0 Å². The number of aromatic nitrogens is 3. The van der Waals surface area contributed by atoms with Gasteiger partial charge in [-0.05, 0) is 37.1 Å². The summed E-state index contributed by atoms with van der Waals surface area (Å²) in [7, 11) is 1.81. The topological polar surface area (TPSA) is 111 Å². The fourth-order valence-corrected chi connectivity index (χ4v) is 4.02. The van der Waals surface area contributed by atoms with Crippen molar-refractivity contribution >= 4 is 41.6 Å². The summed E-state index contributed by atoms with van der Waals surface area (Å²) in [6.07, 6.45) is 3.30. The summed E-state index contributed by atoms with van der Waals surface area (Å²) >= 11 is 0. The Morgan fingerprint density at radius 1 is 1.12 bits per heavy atom. The Labute approximate surface area is 217 Å². The Morgan fingerprint density at radius 2 is 1.85 bits per heavy atom. The molecule has 0 amide bonds. The summed E-state index contributed by atoms with van der Waals surface area (Å²) < 4.78 is 1.64. The molecule has 0 saturated carbocycles. The van der Waals surface area contributed by atoms with Crippen LogP contribution in [-0.2, 0) is 6.42 Å². The van der Waals surface area contributed by atoms with Crippen molar-refractivity contribution in [2.75, 3.05) is 50.4 Å². The van der Waals surface area contributed by atoms with Gasteiger partial charge in [0.15, 0.2) is 5.96 Å². The van der Waals surface area contributed by atoms with Crippen molar-refractivity contribution in [1.82, 2.24) is 25.0 Å². The Morgan fingerprint density at radius 3 is 2.50 bits per heavy atom. The van der Waals surface area contributed by atoms with Crippen LogP contribution in [0.1, 0.15) is 17.7 Å². The molecule has 0 atom stereocenters. The zero-order valence-electron chi connectivity index (χ0n) is 19.3. The van der Waals surface area contributed by atoms with Crippen molar-refractivity contribution in [1.29, 1.82) is 5.26 Å². The fraction of sp³-hybridized carbons (Fsp3) is 0.333. The normalized spacial score (nSPS) is 13.8. The number of guanidine groups is 1. The molecule has 1 fully saturated rings. The molecule has 0 unspecified atom stereocenters. The van der Waals surface area contributed by atoms with Crippen LogP contribution in [-0.4, -0.2) is 65.4 Å². The summed E-state index contributed by atoms with van der Waals surface area (Å²) in [6.45, 7) is 4.30. The first-order chi connectivity index (χ1) is 16.2. The van der Waals surface area contributed by atoms with Gasteiger partial charge < -0.3 is 20.9 Å². The van der Waals surface area contributed by atoms with Crippen LogP contribution in [0.15, 0.2) is 59.7 Å². The number of halogens is 1. The molecule has 1 saturated heterocycles. The molecule has 0 bridgehead atoms. The van der Waals surface area contributed by atoms with Crippen molar-refractivity contribution in [3.05, 3.63) is 66.0 Å². The number of para-hydroxylation sites is 1. The number of anilines is 2. The molecule has 1 aliphatic heterocycles. The van der Waals surface area contributed by atoms with E-state index in [4.69, 9.17) is 5.73 Å². The first kappa shape index (κ1) is 25.3. The molecule has 10 heteroatoms. The van der Waals surface area contributed by atoms with E-state index >= 15 is 0 Å². The second-order valence-corrected chi connectivity index (χ2v) is 7.81. The maximum absolute atomic E-state index is 9.58. The number of nitrogens with two attached hydrogens (primary N) is 1. The van der Waals surface area contributed by atoms with Gasteiger partial charge in [0, 0.05) is 46.0 Å². The molecule has 3 heterocycles. The van der Waals surface area contributed by atoms with Gasteiger partial charge in [-0.1, -0.05) is 24.3 Å². The molecule has 34 heavy (non-hydrogen) atoms. The maximum Gasteiger partial charge on any atom is 0.193 e. The predicted molar refractivity (Wildman–Crippen MR) is 146 cm³/mol. The van der Waals surface area contributed by atoms with Gasteiger partial charge in [0.1, 0.15) is 23.3 Å². The Kier molecular flexibility index (Phi) is 9.09. The minimum Gasteiger partial charge on any atom is -0.382 e. The number of nitrogens with zero attached hydrogens (tertiary/aromatic N) is 7. The molecule has 0 spiro atoms. The maximum atomic E-state index is 9.58. The van der Waals surface area contributed by atoms with Crippen LogP contribution in [0.2, 0.25) is 0 Å². The average Bonchev–Trinajstić information content (AvgIpc) is 3.20. The van der Waals surface area contributed by atoms with Crippen molar-refractivity contribution in [3.63, 3.8) is 0 Å². The van der Waals surface area contributed by atoms with Crippen LogP contribution in [0.4, 0.5) is 11.6 Å². The number of rotatable bonds is 6. The summed E-state index contributed by atoms with van der Waals surface area (Å²) in [5.74, 6) is 2.29. The van der Waals surface area contributed by atoms with Crippen molar-refractivity contribution in [3.8, 4) is 11.8 Å². The fourth-order valence-electron chi connectivity index (χ4n) is 4.02. The van der Waals surface area contributed by atoms with Crippen LogP contribution < -0.4 is 16.0 Å². The van der Waals surface area contributed by atoms with Gasteiger partial charge in [0.2, 0.25) is 0 Å². The first-order valence-electron chi connectivity index (χ1n) is 11.2. The number of hydrogen-bond acceptors (Lipinski definition) is 6. The van der Waals surface area contributed by atoms with Crippen LogP contribution in [0.25, 0.3) is 5.69 Å². The van der Waals surface area contributed by atoms with Crippen LogP contribution in [0, 0.1) is 11.3 Å². The zero-order chi connectivity index (χ0) is 23.0. The SMILES string of the molecule is CN=C(NCCCc1nn(-c2ccccc2)c(N)c1C#N)N1CCN(c2ccccn2)CC1.I. The molecule has 9 nitrogen and oxygen atoms in total. The lowest BCUT2D eigenvalue weighted by molar-refractivity contribution is 0.371. The molecule has 0 aliphatic carbocycles. The van der Waals surface area contributed by atoms with Crippen molar-refractivity contribution < 1.29 is 0 Å². The lowest BCUT2D eigenvalue weighted by atomic mass is 10.1. The lowest BCUT2D eigenvalue weighted by Gasteiger charge is -2.37. The van der Waals surface area contributed by atoms with E-state index in [1.165, 1.54) is 0 Å². The number of piperazine rings is 1. The Hall–Kier alpha value is -3.33. The minimum absolute atomic E-state index is 0. The number of hydrogen-bond donors (Lipinski definition) is 2. The molecule has 2 aromatic heterocycles. The summed E-state index contributed by atoms with van der Waals surface area (Å²) in [4.78, 5) is 13.5. The van der Waals surface area contributed by atoms with E-state index in [-0.39, 0.29) is 24.0 Å². The van der Waals surface area contributed by atoms with E-state index in [1.807, 2.05) is 61.8 Å². The number of aryl methyl sites for hydroxylation is 1. The predicted octanol–water partition coefficient (Wildman–Crippen LogP) is 2.67. The minimum atomic E-state index is 0. The van der Waals surface area contributed by atoms with E-state index in [9.17, 15) is 5.26 Å². The zero-order valence-corrected chi connectivity index (χ0v) is 21.6. The molecule has 1 aromatic carbocycles. The molecule has 178 valence electrons. The third kappa shape index (κ3) is 5.77. The number of benzene rings is 1. The summed E-state index contributed by atoms with van der Waals surface area (Å²) in [5, 5.41) is 17.6. The summed E-state index contributed by atoms with van der Waals surface area (Å²) in [6, 6.07) is 17.8. The van der Waals surface area contributed by atoms with E-state index in [0.717, 1.165) is 62.3 Å². The number of pyridine rings is 1. The van der Waals surface area contributed by atoms with Gasteiger partial charge in [-0.3, -0.25) is 4.99 Å². The smallest absolute Gasteiger partial charge is 0.193 e. The Bertz CT molecular complexity index is 1110. The van der Waals surface area contributed by atoms with Gasteiger partial charge in [-0.2, -0.15) is 10.4 Å². The first-order valence-corrected chi connectivity index (χ1v) is 11.2. The van der Waals surface area contributed by atoms with Crippen LogP contribution >= 0.6 is 24.0 Å². The number of aliphatic imine (C=N–C) groups is 1.